The van der Waals surface area contributed by atoms with Crippen LogP contribution >= 0.6 is 0 Å². The van der Waals surface area contributed by atoms with Gasteiger partial charge in [-0.3, -0.25) is 0 Å². The molecule has 0 unspecified atom stereocenters. The van der Waals surface area contributed by atoms with Crippen LogP contribution in [0.15, 0.2) is 309 Å². The maximum absolute atomic E-state index is 4.62. The van der Waals surface area contributed by atoms with E-state index in [2.05, 4.69) is 308 Å². The minimum Gasteiger partial charge on any atom is -0.310 e. The number of hydrogen-bond donors (Lipinski definition) is 0. The van der Waals surface area contributed by atoms with Gasteiger partial charge in [-0.25, -0.2) is 0 Å². The number of hydrogen-bond acceptors (Lipinski definition) is 2. The molecule has 0 heterocycles. The Hall–Kier alpha value is -9.24. The molecule has 10 aromatic rings. The lowest BCUT2D eigenvalue weighted by Crippen LogP contribution is -2.17. The van der Waals surface area contributed by atoms with Crippen LogP contribution in [0.3, 0.4) is 0 Å². The van der Waals surface area contributed by atoms with Gasteiger partial charge in [0.25, 0.3) is 0 Å². The molecule has 0 spiro atoms. The van der Waals surface area contributed by atoms with E-state index < -0.39 is 0 Å². The highest BCUT2D eigenvalue weighted by molar-refractivity contribution is 6.00. The lowest BCUT2D eigenvalue weighted by molar-refractivity contribution is 1.18. The van der Waals surface area contributed by atoms with Crippen LogP contribution in [0.2, 0.25) is 0 Å². The first kappa shape index (κ1) is 44.3. The summed E-state index contributed by atoms with van der Waals surface area (Å²) >= 11 is 0. The summed E-state index contributed by atoms with van der Waals surface area (Å²) in [5, 5.41) is 2.38. The van der Waals surface area contributed by atoms with Crippen LogP contribution in [-0.2, 0) is 0 Å². The van der Waals surface area contributed by atoms with Gasteiger partial charge in [-0.1, -0.05) is 231 Å². The van der Waals surface area contributed by atoms with Gasteiger partial charge >= 0.3 is 0 Å². The molecule has 0 saturated heterocycles. The minimum absolute atomic E-state index is 0.852. The largest absolute Gasteiger partial charge is 0.310 e. The number of benzene rings is 10. The van der Waals surface area contributed by atoms with Gasteiger partial charge in [-0.2, -0.15) is 0 Å². The van der Waals surface area contributed by atoms with Crippen molar-refractivity contribution in [1.29, 1.82) is 0 Å². The van der Waals surface area contributed by atoms with Gasteiger partial charge < -0.3 is 9.80 Å². The van der Waals surface area contributed by atoms with E-state index >= 15 is 0 Å². The average Bonchev–Trinajstić information content (AvgIpc) is 3.44. The van der Waals surface area contributed by atoms with E-state index in [1.807, 2.05) is 0 Å². The molecule has 0 aliphatic heterocycles. The van der Waals surface area contributed by atoms with E-state index in [4.69, 9.17) is 0 Å². The Morgan fingerprint density at radius 3 is 1.44 bits per heavy atom. The van der Waals surface area contributed by atoms with Crippen molar-refractivity contribution < 1.29 is 0 Å². The van der Waals surface area contributed by atoms with E-state index in [0.717, 1.165) is 79.5 Å². The topological polar surface area (TPSA) is 6.48 Å². The van der Waals surface area contributed by atoms with E-state index in [0.29, 0.717) is 0 Å². The summed E-state index contributed by atoms with van der Waals surface area (Å²) in [6.07, 6.45) is 15.8. The molecule has 0 bridgehead atoms. The molecular weight excluding hydrogens is 857 g/mol. The molecular formula is C69H52N2. The molecule has 338 valence electrons. The third-order valence-corrected chi connectivity index (χ3v) is 13.2. The summed E-state index contributed by atoms with van der Waals surface area (Å²) < 4.78 is 0. The summed E-state index contributed by atoms with van der Waals surface area (Å²) in [7, 11) is 0. The zero-order valence-corrected chi connectivity index (χ0v) is 39.5. The maximum Gasteiger partial charge on any atom is 0.0540 e. The van der Waals surface area contributed by atoms with Gasteiger partial charge in [-0.15, -0.1) is 0 Å². The summed E-state index contributed by atoms with van der Waals surface area (Å²) in [4.78, 5) is 4.75. The van der Waals surface area contributed by atoms with E-state index in [1.54, 1.807) is 0 Å². The van der Waals surface area contributed by atoms with Crippen molar-refractivity contribution >= 4 is 39.2 Å². The minimum atomic E-state index is 0.852. The molecule has 0 atom stereocenters. The standard InChI is InChI=1S/C69H52N2/c1-51-23-10-4-2-3-5-19-35-68(51)71(64-48-59(52-24-11-6-12-25-52)47-60(49-64)53-26-13-7-14-27-53)62-43-39-55(40-44-62)54-37-41-61(42-38-54)70(69-36-22-33-57-32-20-21-34-66(57)69)63-45-46-65(56-28-15-8-16-29-56)67(50-63)58-30-17-9-18-31-58/h2,4-50H,1,3H2/b4-2-,19-5-,23-10-,68-35+. The second kappa shape index (κ2) is 20.5. The predicted octanol–water partition coefficient (Wildman–Crippen LogP) is 19.3. The molecule has 0 fully saturated rings. The Morgan fingerprint density at radius 2 is 0.817 bits per heavy atom. The molecule has 0 aromatic heterocycles. The van der Waals surface area contributed by atoms with Gasteiger partial charge in [0, 0.05) is 28.1 Å². The van der Waals surface area contributed by atoms with E-state index in [-0.39, 0.29) is 0 Å². The van der Waals surface area contributed by atoms with Crippen molar-refractivity contribution in [1.82, 2.24) is 0 Å². The normalized spacial score (nSPS) is 14.5. The molecule has 1 aliphatic carbocycles. The predicted molar refractivity (Wildman–Crippen MR) is 304 cm³/mol. The zero-order valence-electron chi connectivity index (χ0n) is 39.5. The van der Waals surface area contributed by atoms with Crippen LogP contribution < -0.4 is 9.80 Å². The zero-order chi connectivity index (χ0) is 47.8. The Balaban J connectivity index is 1.00. The first-order chi connectivity index (χ1) is 35.1. The second-order valence-electron chi connectivity index (χ2n) is 17.8. The molecule has 0 radical (unpaired) electrons. The van der Waals surface area contributed by atoms with Gasteiger partial charge in [0.15, 0.2) is 0 Å². The molecule has 0 amide bonds. The fourth-order valence-corrected chi connectivity index (χ4v) is 9.65. The summed E-state index contributed by atoms with van der Waals surface area (Å²) in [5.41, 5.74) is 18.9. The molecule has 1 aliphatic rings. The molecule has 11 rings (SSSR count). The highest BCUT2D eigenvalue weighted by atomic mass is 15.2. The third-order valence-electron chi connectivity index (χ3n) is 13.2. The Morgan fingerprint density at radius 1 is 0.324 bits per heavy atom. The average molecular weight is 909 g/mol. The fourth-order valence-electron chi connectivity index (χ4n) is 9.65. The molecule has 2 nitrogen and oxygen atoms in total. The number of anilines is 5. The number of allylic oxidation sites excluding steroid dienone is 7. The SMILES string of the molecule is C=C1/C=C\C=C/C/C=C\C=C/1N(c1ccc(-c2ccc(N(c3ccc(-c4ccccc4)c(-c4ccccc4)c3)c3cccc4ccccc34)cc2)cc1)c1cc(-c2ccccc2)cc(-c2ccccc2)c1. The van der Waals surface area contributed by atoms with Crippen molar-refractivity contribution in [2.45, 2.75) is 6.42 Å². The van der Waals surface area contributed by atoms with Crippen LogP contribution in [0.4, 0.5) is 28.4 Å². The van der Waals surface area contributed by atoms with Crippen LogP contribution in [0.1, 0.15) is 6.42 Å². The van der Waals surface area contributed by atoms with Crippen LogP contribution in [0.25, 0.3) is 66.4 Å². The Labute approximate surface area is 418 Å². The lowest BCUT2D eigenvalue weighted by Gasteiger charge is -2.30. The summed E-state index contributed by atoms with van der Waals surface area (Å²) in [5.74, 6) is 0. The van der Waals surface area contributed by atoms with Crippen molar-refractivity contribution in [3.8, 4) is 55.6 Å². The van der Waals surface area contributed by atoms with Gasteiger partial charge in [0.1, 0.15) is 0 Å². The second-order valence-corrected chi connectivity index (χ2v) is 17.8. The quantitative estimate of drug-likeness (QED) is 0.128. The molecule has 10 aromatic carbocycles. The van der Waals surface area contributed by atoms with Crippen LogP contribution in [-0.4, -0.2) is 0 Å². The van der Waals surface area contributed by atoms with Crippen LogP contribution in [0.5, 0.6) is 0 Å². The number of fused-ring (bicyclic) bond motifs is 1. The molecule has 71 heavy (non-hydrogen) atoms. The first-order valence-electron chi connectivity index (χ1n) is 24.3. The van der Waals surface area contributed by atoms with Gasteiger partial charge in [0.05, 0.1) is 11.4 Å². The highest BCUT2D eigenvalue weighted by Crippen LogP contribution is 2.44. The van der Waals surface area contributed by atoms with E-state index in [9.17, 15) is 0 Å². The Bertz CT molecular complexity index is 3520. The smallest absolute Gasteiger partial charge is 0.0540 e. The maximum atomic E-state index is 4.62. The monoisotopic (exact) mass is 908 g/mol. The van der Waals surface area contributed by atoms with Crippen molar-refractivity contribution in [2.24, 2.45) is 0 Å². The van der Waals surface area contributed by atoms with Crippen molar-refractivity contribution in [3.63, 3.8) is 0 Å². The number of nitrogens with zero attached hydrogens (tertiary/aromatic N) is 2. The molecule has 2 heteroatoms. The third kappa shape index (κ3) is 9.61. The highest BCUT2D eigenvalue weighted by Gasteiger charge is 2.21. The molecule has 0 N–H and O–H groups in total. The van der Waals surface area contributed by atoms with Gasteiger partial charge in [-0.05, 0) is 140 Å². The fraction of sp³-hybridized carbons (Fsp3) is 0.0145. The summed E-state index contributed by atoms with van der Waals surface area (Å²) in [6.45, 7) is 4.62. The first-order valence-corrected chi connectivity index (χ1v) is 24.3. The number of rotatable bonds is 11. The lowest BCUT2D eigenvalue weighted by atomic mass is 9.93. The van der Waals surface area contributed by atoms with Gasteiger partial charge in [0.2, 0.25) is 0 Å². The molecule has 0 saturated carbocycles. The summed E-state index contributed by atoms with van der Waals surface area (Å²) in [6, 6.07) is 89.7. The van der Waals surface area contributed by atoms with Crippen LogP contribution in [0, 0.1) is 0 Å². The van der Waals surface area contributed by atoms with Crippen molar-refractivity contribution in [2.75, 3.05) is 9.80 Å². The van der Waals surface area contributed by atoms with Crippen molar-refractivity contribution in [3.05, 3.63) is 309 Å². The Kier molecular flexibility index (Phi) is 12.8. The van der Waals surface area contributed by atoms with E-state index in [1.165, 1.54) is 33.0 Å².